The Labute approximate surface area is 189 Å². The largest absolute Gasteiger partial charge is 0.846 e. The minimum Gasteiger partial charge on any atom is -0.846 e. The highest BCUT2D eigenvalue weighted by Crippen LogP contribution is 2.30. The van der Waals surface area contributed by atoms with E-state index < -0.39 is 17.8 Å². The van der Waals surface area contributed by atoms with Gasteiger partial charge in [0.15, 0.2) is 5.69 Å². The second-order valence-corrected chi connectivity index (χ2v) is 6.79. The molecule has 0 saturated heterocycles. The van der Waals surface area contributed by atoms with Crippen LogP contribution in [-0.4, -0.2) is 26.2 Å². The van der Waals surface area contributed by atoms with E-state index in [0.717, 1.165) is 12.1 Å². The summed E-state index contributed by atoms with van der Waals surface area (Å²) in [5, 5.41) is 27.2. The Balaban J connectivity index is 1.43. The molecule has 4 rings (SSSR count). The number of nitriles is 1. The first-order valence-electron chi connectivity index (χ1n) is 9.53. The molecular weight excluding hydrogens is 453 g/mol. The zero-order valence-corrected chi connectivity index (χ0v) is 17.1. The van der Waals surface area contributed by atoms with Gasteiger partial charge in [0.2, 0.25) is 11.8 Å². The van der Waals surface area contributed by atoms with Gasteiger partial charge in [0, 0.05) is 29.2 Å². The summed E-state index contributed by atoms with van der Waals surface area (Å²) in [6.07, 6.45) is 1.16. The van der Waals surface area contributed by atoms with Crippen LogP contribution in [0.3, 0.4) is 0 Å². The maximum Gasteiger partial charge on any atom is 0.416 e. The summed E-state index contributed by atoms with van der Waals surface area (Å²) in [5.74, 6) is -0.152. The molecule has 10 nitrogen and oxygen atoms in total. The molecule has 0 saturated carbocycles. The van der Waals surface area contributed by atoms with Gasteiger partial charge >= 0.3 is 12.1 Å². The van der Waals surface area contributed by atoms with Crippen LogP contribution in [0.5, 0.6) is 0 Å². The number of aliphatic imine (C=N–C) groups is 1. The number of rotatable bonds is 5. The summed E-state index contributed by atoms with van der Waals surface area (Å²) in [5.41, 5.74) is 1.06. The lowest BCUT2D eigenvalue weighted by Gasteiger charge is -2.14. The summed E-state index contributed by atoms with van der Waals surface area (Å²) in [6, 6.07) is 8.69. The number of hydrogen-bond donors (Lipinski definition) is 1. The average molecular weight is 466 g/mol. The summed E-state index contributed by atoms with van der Waals surface area (Å²) in [7, 11) is 0. The Kier molecular flexibility index (Phi) is 6.13. The summed E-state index contributed by atoms with van der Waals surface area (Å²) in [6.45, 7) is 0.185. The number of amidine groups is 1. The Hall–Kier alpha value is -4.86. The molecule has 0 amide bonds. The molecule has 0 aliphatic rings. The number of alkyl halides is 3. The standard InChI is InChI=1S/C21H13F3N8O2/c22-21(23,24)14-2-1-3-15(6-14)29-20(33)30-19-11-32(31-34-19)10-16-5-4-13(8-27-16)17-9-26-12-28-18(17)7-25/h1-6,8-9,11-12H,10H2,(H-,29,30,31,33). The molecule has 3 aromatic heterocycles. The highest BCUT2D eigenvalue weighted by molar-refractivity contribution is 5.87. The molecule has 34 heavy (non-hydrogen) atoms. The number of nitrogens with one attached hydrogen (secondary N) is 1. The van der Waals surface area contributed by atoms with Crippen LogP contribution < -0.4 is 15.1 Å². The second-order valence-electron chi connectivity index (χ2n) is 6.79. The Morgan fingerprint density at radius 3 is 2.79 bits per heavy atom. The average Bonchev–Trinajstić information content (AvgIpc) is 3.25. The van der Waals surface area contributed by atoms with E-state index >= 15 is 0 Å². The van der Waals surface area contributed by atoms with E-state index in [9.17, 15) is 18.3 Å². The van der Waals surface area contributed by atoms with Crippen LogP contribution in [0.4, 0.5) is 24.7 Å². The van der Waals surface area contributed by atoms with Crippen molar-refractivity contribution in [1.82, 2.24) is 20.2 Å². The van der Waals surface area contributed by atoms with Gasteiger partial charge in [-0.05, 0) is 28.9 Å². The van der Waals surface area contributed by atoms with Crippen molar-refractivity contribution in [3.63, 3.8) is 0 Å². The Morgan fingerprint density at radius 1 is 1.21 bits per heavy atom. The van der Waals surface area contributed by atoms with Crippen molar-refractivity contribution in [1.29, 1.82) is 5.26 Å². The number of pyridine rings is 1. The predicted molar refractivity (Wildman–Crippen MR) is 108 cm³/mol. The number of benzene rings is 1. The molecule has 0 atom stereocenters. The zero-order valence-electron chi connectivity index (χ0n) is 17.1. The van der Waals surface area contributed by atoms with Gasteiger partial charge in [-0.2, -0.15) is 18.4 Å². The van der Waals surface area contributed by atoms with Crippen molar-refractivity contribution in [3.05, 3.63) is 78.3 Å². The van der Waals surface area contributed by atoms with Gasteiger partial charge in [-0.3, -0.25) is 9.51 Å². The number of anilines is 1. The number of halogens is 3. The Bertz CT molecular complexity index is 1380. The van der Waals surface area contributed by atoms with Crippen molar-refractivity contribution in [3.8, 4) is 17.2 Å². The lowest BCUT2D eigenvalue weighted by Crippen LogP contribution is -2.35. The Morgan fingerprint density at radius 2 is 2.06 bits per heavy atom. The normalized spacial score (nSPS) is 11.8. The van der Waals surface area contributed by atoms with Gasteiger partial charge in [0.05, 0.1) is 11.6 Å². The van der Waals surface area contributed by atoms with Crippen LogP contribution in [0, 0.1) is 11.3 Å². The van der Waals surface area contributed by atoms with E-state index in [1.54, 1.807) is 18.3 Å². The lowest BCUT2D eigenvalue weighted by molar-refractivity contribution is -0.755. The van der Waals surface area contributed by atoms with Crippen LogP contribution in [0.15, 0.2) is 70.8 Å². The fourth-order valence-electron chi connectivity index (χ4n) is 2.89. The lowest BCUT2D eigenvalue weighted by atomic mass is 10.1. The van der Waals surface area contributed by atoms with Crippen molar-refractivity contribution in [2.24, 2.45) is 4.99 Å². The smallest absolute Gasteiger partial charge is 0.416 e. The molecular formula is C21H13F3N8O2. The first-order chi connectivity index (χ1) is 16.3. The number of hydrogen-bond acceptors (Lipinski definition) is 8. The van der Waals surface area contributed by atoms with Gasteiger partial charge < -0.3 is 10.4 Å². The first-order valence-corrected chi connectivity index (χ1v) is 9.53. The van der Waals surface area contributed by atoms with Gasteiger partial charge in [-0.1, -0.05) is 12.1 Å². The van der Waals surface area contributed by atoms with Gasteiger partial charge in [0.25, 0.3) is 6.20 Å². The minimum absolute atomic E-state index is 0.0661. The van der Waals surface area contributed by atoms with Crippen molar-refractivity contribution < 1.29 is 27.5 Å². The van der Waals surface area contributed by atoms with Crippen LogP contribution in [0.2, 0.25) is 0 Å². The van der Waals surface area contributed by atoms with Crippen LogP contribution in [0.25, 0.3) is 11.1 Å². The molecule has 0 aliphatic carbocycles. The summed E-state index contributed by atoms with van der Waals surface area (Å²) < 4.78 is 44.7. The van der Waals surface area contributed by atoms with E-state index in [0.29, 0.717) is 16.8 Å². The maximum atomic E-state index is 12.8. The molecule has 0 spiro atoms. The topological polar surface area (TPSA) is 140 Å². The molecule has 4 aromatic rings. The third kappa shape index (κ3) is 5.30. The van der Waals surface area contributed by atoms with E-state index in [1.807, 2.05) is 6.07 Å². The van der Waals surface area contributed by atoms with E-state index in [4.69, 9.17) is 9.78 Å². The summed E-state index contributed by atoms with van der Waals surface area (Å²) in [4.78, 5) is 15.8. The molecule has 0 aliphatic heterocycles. The predicted octanol–water partition coefficient (Wildman–Crippen LogP) is 2.21. The minimum atomic E-state index is -4.53. The maximum absolute atomic E-state index is 12.8. The zero-order chi connectivity index (χ0) is 24.1. The molecule has 170 valence electrons. The van der Waals surface area contributed by atoms with E-state index in [1.165, 1.54) is 35.5 Å². The van der Waals surface area contributed by atoms with E-state index in [2.05, 4.69) is 30.5 Å². The molecule has 0 bridgehead atoms. The van der Waals surface area contributed by atoms with Gasteiger partial charge in [-0.25, -0.2) is 15.0 Å². The molecule has 0 unspecified atom stereocenters. The van der Waals surface area contributed by atoms with Gasteiger partial charge in [-0.15, -0.1) is 0 Å². The van der Waals surface area contributed by atoms with Gasteiger partial charge in [0.1, 0.15) is 18.1 Å². The third-order valence-corrected chi connectivity index (χ3v) is 4.43. The number of aromatic nitrogens is 5. The fourth-order valence-corrected chi connectivity index (χ4v) is 2.89. The fraction of sp³-hybridized carbons (Fsp3) is 0.0952. The number of nitrogens with zero attached hydrogens (tertiary/aromatic N) is 7. The second kappa shape index (κ2) is 9.33. The molecule has 0 radical (unpaired) electrons. The third-order valence-electron chi connectivity index (χ3n) is 4.43. The van der Waals surface area contributed by atoms with Crippen LogP contribution in [-0.2, 0) is 12.7 Å². The highest BCUT2D eigenvalue weighted by Gasteiger charge is 2.30. The molecule has 1 aromatic carbocycles. The summed E-state index contributed by atoms with van der Waals surface area (Å²) >= 11 is 0. The van der Waals surface area contributed by atoms with Crippen molar-refractivity contribution >= 4 is 17.6 Å². The highest BCUT2D eigenvalue weighted by atomic mass is 19.4. The van der Waals surface area contributed by atoms with Crippen LogP contribution >= 0.6 is 0 Å². The molecule has 13 heteroatoms. The van der Waals surface area contributed by atoms with Crippen molar-refractivity contribution in [2.75, 3.05) is 5.32 Å². The first kappa shape index (κ1) is 22.3. The SMILES string of the molecule is N#Cc1ncncc1-c1ccc(C[n+]2cc(/N=C(\[O-])Nc3cccc(C(F)(F)F)c3)on2)nc1. The molecule has 1 N–H and O–H groups in total. The van der Waals surface area contributed by atoms with Crippen molar-refractivity contribution in [2.45, 2.75) is 12.7 Å². The monoisotopic (exact) mass is 466 g/mol. The molecule has 3 heterocycles. The van der Waals surface area contributed by atoms with Crippen LogP contribution in [0.1, 0.15) is 17.0 Å². The molecule has 0 fully saturated rings. The van der Waals surface area contributed by atoms with E-state index in [-0.39, 0.29) is 23.8 Å². The quantitative estimate of drug-likeness (QED) is 0.268.